The Balaban J connectivity index is 0.00000306. The lowest BCUT2D eigenvalue weighted by atomic mass is 9.91. The van der Waals surface area contributed by atoms with E-state index in [-0.39, 0.29) is 28.8 Å². The van der Waals surface area contributed by atoms with Crippen molar-refractivity contribution in [3.05, 3.63) is 144 Å². The van der Waals surface area contributed by atoms with Crippen LogP contribution in [0, 0.1) is 5.41 Å². The van der Waals surface area contributed by atoms with Crippen molar-refractivity contribution >= 4 is 22.9 Å². The fourth-order valence-electron chi connectivity index (χ4n) is 4.07. The standard InChI is InChI=1S/C29H29N3.BrH/c30-29(31-21-27(23-13-5-1-6-14-23)24-15-7-2-8-16-24)32-22-28(25-17-9-3-10-18-25)26-19-11-4-12-20-26;/h1-20,27-28H,21-22H2,(H3,30,31,32);1H. The van der Waals surface area contributed by atoms with Crippen molar-refractivity contribution in [3.8, 4) is 0 Å². The van der Waals surface area contributed by atoms with Gasteiger partial charge in [-0.3, -0.25) is 5.41 Å². The van der Waals surface area contributed by atoms with Gasteiger partial charge >= 0.3 is 0 Å². The van der Waals surface area contributed by atoms with Crippen molar-refractivity contribution in [3.63, 3.8) is 0 Å². The van der Waals surface area contributed by atoms with Crippen LogP contribution in [0.5, 0.6) is 0 Å². The zero-order valence-electron chi connectivity index (χ0n) is 18.5. The minimum atomic E-state index is 0. The third kappa shape index (κ3) is 6.80. The predicted octanol–water partition coefficient (Wildman–Crippen LogP) is 6.34. The molecular formula is C29H30BrN3. The summed E-state index contributed by atoms with van der Waals surface area (Å²) >= 11 is 0. The normalized spacial score (nSPS) is 10.5. The average molecular weight is 500 g/mol. The molecule has 3 nitrogen and oxygen atoms in total. The third-order valence-corrected chi connectivity index (χ3v) is 5.77. The lowest BCUT2D eigenvalue weighted by Gasteiger charge is -2.22. The molecule has 0 unspecified atom stereocenters. The molecule has 0 fully saturated rings. The second-order valence-corrected chi connectivity index (χ2v) is 7.88. The van der Waals surface area contributed by atoms with E-state index in [0.29, 0.717) is 19.0 Å². The molecule has 0 aliphatic carbocycles. The maximum atomic E-state index is 8.50. The molecule has 0 aliphatic heterocycles. The molecule has 4 rings (SSSR count). The zero-order valence-corrected chi connectivity index (χ0v) is 20.2. The molecular weight excluding hydrogens is 470 g/mol. The van der Waals surface area contributed by atoms with E-state index in [1.54, 1.807) is 0 Å². The summed E-state index contributed by atoms with van der Waals surface area (Å²) < 4.78 is 0. The number of hydrogen-bond acceptors (Lipinski definition) is 1. The Morgan fingerprint density at radius 2 is 0.727 bits per heavy atom. The number of halogens is 1. The van der Waals surface area contributed by atoms with Crippen LogP contribution in [0.25, 0.3) is 0 Å². The van der Waals surface area contributed by atoms with Gasteiger partial charge in [0, 0.05) is 24.9 Å². The Labute approximate surface area is 207 Å². The van der Waals surface area contributed by atoms with Crippen molar-refractivity contribution in [2.75, 3.05) is 13.1 Å². The molecule has 0 amide bonds. The molecule has 4 aromatic rings. The molecule has 0 atom stereocenters. The summed E-state index contributed by atoms with van der Waals surface area (Å²) in [4.78, 5) is 0. The predicted molar refractivity (Wildman–Crippen MR) is 144 cm³/mol. The third-order valence-electron chi connectivity index (χ3n) is 5.77. The second-order valence-electron chi connectivity index (χ2n) is 7.88. The molecule has 4 aromatic carbocycles. The minimum Gasteiger partial charge on any atom is -0.356 e. The minimum absolute atomic E-state index is 0. The van der Waals surface area contributed by atoms with E-state index in [0.717, 1.165) is 0 Å². The quantitative estimate of drug-likeness (QED) is 0.195. The second kappa shape index (κ2) is 12.6. The van der Waals surface area contributed by atoms with Crippen LogP contribution in [0.15, 0.2) is 121 Å². The number of benzene rings is 4. The van der Waals surface area contributed by atoms with Crippen LogP contribution >= 0.6 is 17.0 Å². The van der Waals surface area contributed by atoms with Gasteiger partial charge in [-0.15, -0.1) is 17.0 Å². The maximum Gasteiger partial charge on any atom is 0.188 e. The fraction of sp³-hybridized carbons (Fsp3) is 0.138. The van der Waals surface area contributed by atoms with Crippen LogP contribution in [-0.2, 0) is 0 Å². The summed E-state index contributed by atoms with van der Waals surface area (Å²) in [5, 5.41) is 15.1. The molecule has 0 saturated heterocycles. The molecule has 33 heavy (non-hydrogen) atoms. The monoisotopic (exact) mass is 499 g/mol. The summed E-state index contributed by atoms with van der Waals surface area (Å²) in [7, 11) is 0. The lowest BCUT2D eigenvalue weighted by Crippen LogP contribution is -2.40. The highest BCUT2D eigenvalue weighted by Crippen LogP contribution is 2.25. The Morgan fingerprint density at radius 3 is 0.970 bits per heavy atom. The van der Waals surface area contributed by atoms with Crippen molar-refractivity contribution in [1.82, 2.24) is 10.6 Å². The van der Waals surface area contributed by atoms with Gasteiger partial charge in [0.1, 0.15) is 0 Å². The van der Waals surface area contributed by atoms with Gasteiger partial charge in [-0.25, -0.2) is 0 Å². The van der Waals surface area contributed by atoms with Gasteiger partial charge in [-0.05, 0) is 22.3 Å². The van der Waals surface area contributed by atoms with Gasteiger partial charge in [0.05, 0.1) is 0 Å². The van der Waals surface area contributed by atoms with E-state index < -0.39 is 0 Å². The fourth-order valence-corrected chi connectivity index (χ4v) is 4.07. The average Bonchev–Trinajstić information content (AvgIpc) is 2.87. The van der Waals surface area contributed by atoms with Gasteiger partial charge in [-0.1, -0.05) is 121 Å². The van der Waals surface area contributed by atoms with E-state index in [1.165, 1.54) is 22.3 Å². The topological polar surface area (TPSA) is 47.9 Å². The highest BCUT2D eigenvalue weighted by molar-refractivity contribution is 8.93. The summed E-state index contributed by atoms with van der Waals surface area (Å²) in [6, 6.07) is 41.9. The Kier molecular flexibility index (Phi) is 9.28. The number of hydrogen-bond donors (Lipinski definition) is 3. The first-order valence-electron chi connectivity index (χ1n) is 11.1. The first kappa shape index (κ1) is 24.3. The van der Waals surface area contributed by atoms with Crippen molar-refractivity contribution in [1.29, 1.82) is 5.41 Å². The molecule has 0 saturated carbocycles. The summed E-state index contributed by atoms with van der Waals surface area (Å²) in [6.07, 6.45) is 0. The highest BCUT2D eigenvalue weighted by atomic mass is 79.9. The van der Waals surface area contributed by atoms with Crippen LogP contribution in [-0.4, -0.2) is 19.0 Å². The summed E-state index contributed by atoms with van der Waals surface area (Å²) in [5.74, 6) is 0.705. The van der Waals surface area contributed by atoms with Gasteiger partial charge in [0.25, 0.3) is 0 Å². The lowest BCUT2D eigenvalue weighted by molar-refractivity contribution is 0.699. The van der Waals surface area contributed by atoms with Gasteiger partial charge in [0.15, 0.2) is 5.96 Å². The van der Waals surface area contributed by atoms with Gasteiger partial charge in [0.2, 0.25) is 0 Å². The van der Waals surface area contributed by atoms with E-state index >= 15 is 0 Å². The van der Waals surface area contributed by atoms with E-state index in [4.69, 9.17) is 5.41 Å². The summed E-state index contributed by atoms with van der Waals surface area (Å²) in [6.45, 7) is 1.31. The first-order chi connectivity index (χ1) is 15.8. The molecule has 0 spiro atoms. The van der Waals surface area contributed by atoms with E-state index in [2.05, 4.69) is 108 Å². The first-order valence-corrected chi connectivity index (χ1v) is 11.1. The Morgan fingerprint density at radius 1 is 0.485 bits per heavy atom. The largest absolute Gasteiger partial charge is 0.356 e. The molecule has 0 heterocycles. The zero-order chi connectivity index (χ0) is 22.0. The molecule has 4 heteroatoms. The van der Waals surface area contributed by atoms with Crippen LogP contribution in [0.1, 0.15) is 34.1 Å². The molecule has 3 N–H and O–H groups in total. The highest BCUT2D eigenvalue weighted by Gasteiger charge is 2.16. The maximum absolute atomic E-state index is 8.50. The SMILES string of the molecule is Br.N=C(NCC(c1ccccc1)c1ccccc1)NCC(c1ccccc1)c1ccccc1. The molecule has 0 bridgehead atoms. The number of guanidine groups is 1. The Bertz CT molecular complexity index is 919. The van der Waals surface area contributed by atoms with Crippen molar-refractivity contribution in [2.45, 2.75) is 11.8 Å². The van der Waals surface area contributed by atoms with Crippen molar-refractivity contribution in [2.24, 2.45) is 0 Å². The van der Waals surface area contributed by atoms with Gasteiger partial charge < -0.3 is 10.6 Å². The van der Waals surface area contributed by atoms with E-state index in [1.807, 2.05) is 24.3 Å². The summed E-state index contributed by atoms with van der Waals surface area (Å²) in [5.41, 5.74) is 4.96. The Hall–Kier alpha value is -3.37. The van der Waals surface area contributed by atoms with Crippen LogP contribution in [0.2, 0.25) is 0 Å². The molecule has 0 radical (unpaired) electrons. The van der Waals surface area contributed by atoms with Crippen LogP contribution in [0.4, 0.5) is 0 Å². The van der Waals surface area contributed by atoms with Crippen LogP contribution < -0.4 is 10.6 Å². The molecule has 168 valence electrons. The number of nitrogens with one attached hydrogen (secondary N) is 3. The van der Waals surface area contributed by atoms with Crippen LogP contribution in [0.3, 0.4) is 0 Å². The van der Waals surface area contributed by atoms with E-state index in [9.17, 15) is 0 Å². The number of rotatable bonds is 8. The van der Waals surface area contributed by atoms with Crippen molar-refractivity contribution < 1.29 is 0 Å². The smallest absolute Gasteiger partial charge is 0.188 e. The molecule has 0 aromatic heterocycles. The van der Waals surface area contributed by atoms with Gasteiger partial charge in [-0.2, -0.15) is 0 Å². The molecule has 0 aliphatic rings.